The fourth-order valence-corrected chi connectivity index (χ4v) is 2.00. The fourth-order valence-electron chi connectivity index (χ4n) is 1.41. The van der Waals surface area contributed by atoms with Crippen LogP contribution in [0.2, 0.25) is 5.02 Å². The van der Waals surface area contributed by atoms with Crippen molar-refractivity contribution in [2.75, 3.05) is 0 Å². The zero-order valence-electron chi connectivity index (χ0n) is 9.03. The van der Waals surface area contributed by atoms with Gasteiger partial charge in [0.15, 0.2) is 5.69 Å². The number of benzene rings is 1. The molecule has 1 heterocycles. The lowest BCUT2D eigenvalue weighted by Crippen LogP contribution is -1.99. The van der Waals surface area contributed by atoms with E-state index in [-0.39, 0.29) is 5.89 Å². The molecule has 0 aliphatic rings. The third kappa shape index (κ3) is 2.76. The summed E-state index contributed by atoms with van der Waals surface area (Å²) in [5, 5.41) is 9.13. The Morgan fingerprint density at radius 1 is 1.47 bits per heavy atom. The molecule has 8 heteroatoms. The molecule has 0 amide bonds. The van der Waals surface area contributed by atoms with Gasteiger partial charge >= 0.3 is 5.97 Å². The van der Waals surface area contributed by atoms with Crippen LogP contribution in [0.3, 0.4) is 0 Å². The minimum absolute atomic E-state index is 0.234. The maximum Gasteiger partial charge on any atom is 0.374 e. The normalized spacial score (nSPS) is 11.0. The maximum absolute atomic E-state index is 12.7. The number of carbonyl (C=O) groups is 1. The van der Waals surface area contributed by atoms with E-state index in [1.165, 1.54) is 6.07 Å². The zero-order chi connectivity index (χ0) is 14.2. The van der Waals surface area contributed by atoms with E-state index in [9.17, 15) is 13.6 Å². The first kappa shape index (κ1) is 14.0. The average molecular weight is 353 g/mol. The van der Waals surface area contributed by atoms with Gasteiger partial charge in [-0.15, -0.1) is 0 Å². The number of aromatic nitrogens is 1. The smallest absolute Gasteiger partial charge is 0.374 e. The van der Waals surface area contributed by atoms with Crippen LogP contribution in [0.15, 0.2) is 27.1 Å². The number of hydrogen-bond acceptors (Lipinski definition) is 3. The highest BCUT2D eigenvalue weighted by molar-refractivity contribution is 9.10. The van der Waals surface area contributed by atoms with Crippen LogP contribution in [0.5, 0.6) is 0 Å². The summed E-state index contributed by atoms with van der Waals surface area (Å²) in [6.07, 6.45) is -3.04. The summed E-state index contributed by atoms with van der Waals surface area (Å²) < 4.78 is 30.7. The van der Waals surface area contributed by atoms with Crippen molar-refractivity contribution in [1.82, 2.24) is 4.98 Å². The van der Waals surface area contributed by atoms with Gasteiger partial charge in [0.05, 0.1) is 5.56 Å². The number of nitrogens with zero attached hydrogens (tertiary/aromatic N) is 1. The Labute approximate surface area is 119 Å². The molecule has 0 unspecified atom stereocenters. The SMILES string of the molecule is O=C(O)c1oc(-c2cc(Cl)ccc2Br)nc1C(F)F. The zero-order valence-corrected chi connectivity index (χ0v) is 11.4. The van der Waals surface area contributed by atoms with Gasteiger partial charge < -0.3 is 9.52 Å². The lowest BCUT2D eigenvalue weighted by Gasteiger charge is -1.99. The minimum atomic E-state index is -3.04. The summed E-state index contributed by atoms with van der Waals surface area (Å²) in [4.78, 5) is 14.3. The molecule has 0 saturated heterocycles. The molecule has 0 atom stereocenters. The second kappa shape index (κ2) is 5.26. The topological polar surface area (TPSA) is 63.3 Å². The van der Waals surface area contributed by atoms with E-state index in [4.69, 9.17) is 21.1 Å². The summed E-state index contributed by atoms with van der Waals surface area (Å²) in [7, 11) is 0. The summed E-state index contributed by atoms with van der Waals surface area (Å²) in [5.41, 5.74) is -0.615. The van der Waals surface area contributed by atoms with Gasteiger partial charge in [0.1, 0.15) is 0 Å². The number of carboxylic acid groups (broad SMARTS) is 1. The second-order valence-electron chi connectivity index (χ2n) is 3.46. The van der Waals surface area contributed by atoms with Gasteiger partial charge in [-0.05, 0) is 34.1 Å². The number of alkyl halides is 2. The van der Waals surface area contributed by atoms with Crippen LogP contribution >= 0.6 is 27.5 Å². The number of rotatable bonds is 3. The predicted octanol–water partition coefficient (Wildman–Crippen LogP) is 4.39. The number of oxazole rings is 1. The molecule has 2 aromatic rings. The summed E-state index contributed by atoms with van der Waals surface area (Å²) >= 11 is 8.97. The van der Waals surface area contributed by atoms with Crippen LogP contribution in [0.25, 0.3) is 11.5 Å². The molecular weight excluding hydrogens is 347 g/mol. The number of aromatic carboxylic acids is 1. The molecule has 1 aromatic carbocycles. The molecule has 1 aromatic heterocycles. The van der Waals surface area contributed by atoms with E-state index >= 15 is 0 Å². The first-order valence-corrected chi connectivity index (χ1v) is 6.05. The minimum Gasteiger partial charge on any atom is -0.475 e. The van der Waals surface area contributed by atoms with Crippen LogP contribution < -0.4 is 0 Å². The highest BCUT2D eigenvalue weighted by Crippen LogP contribution is 2.33. The predicted molar refractivity (Wildman–Crippen MR) is 66.6 cm³/mol. The standard InChI is InChI=1S/C11H5BrClF2NO3/c12-6-2-1-4(13)3-5(6)10-16-7(9(14)15)8(19-10)11(17)18/h1-3,9H,(H,17,18). The van der Waals surface area contributed by atoms with E-state index in [1.54, 1.807) is 12.1 Å². The summed E-state index contributed by atoms with van der Waals surface area (Å²) in [6, 6.07) is 4.58. The number of carboxylic acids is 1. The Balaban J connectivity index is 2.60. The van der Waals surface area contributed by atoms with E-state index in [1.807, 2.05) is 0 Å². The molecule has 0 spiro atoms. The van der Waals surface area contributed by atoms with E-state index in [2.05, 4.69) is 20.9 Å². The fraction of sp³-hybridized carbons (Fsp3) is 0.0909. The monoisotopic (exact) mass is 351 g/mol. The first-order chi connectivity index (χ1) is 8.90. The van der Waals surface area contributed by atoms with Crippen molar-refractivity contribution in [3.63, 3.8) is 0 Å². The maximum atomic E-state index is 12.7. The lowest BCUT2D eigenvalue weighted by molar-refractivity contribution is 0.0647. The van der Waals surface area contributed by atoms with Crippen molar-refractivity contribution in [3.8, 4) is 11.5 Å². The van der Waals surface area contributed by atoms with Crippen molar-refractivity contribution in [2.24, 2.45) is 0 Å². The third-order valence-corrected chi connectivity index (χ3v) is 3.14. The van der Waals surface area contributed by atoms with Crippen LogP contribution in [0.1, 0.15) is 22.7 Å². The Morgan fingerprint density at radius 3 is 2.68 bits per heavy atom. The van der Waals surface area contributed by atoms with Gasteiger partial charge in [0.25, 0.3) is 6.43 Å². The molecule has 2 rings (SSSR count). The number of halogens is 4. The highest BCUT2D eigenvalue weighted by atomic mass is 79.9. The summed E-state index contributed by atoms with van der Waals surface area (Å²) in [6.45, 7) is 0. The Morgan fingerprint density at radius 2 is 2.16 bits per heavy atom. The second-order valence-corrected chi connectivity index (χ2v) is 4.75. The molecule has 0 radical (unpaired) electrons. The molecule has 0 fully saturated rings. The van der Waals surface area contributed by atoms with Crippen molar-refractivity contribution in [1.29, 1.82) is 0 Å². The quantitative estimate of drug-likeness (QED) is 0.889. The average Bonchev–Trinajstić information content (AvgIpc) is 2.77. The molecule has 100 valence electrons. The Kier molecular flexibility index (Phi) is 3.86. The van der Waals surface area contributed by atoms with Crippen molar-refractivity contribution in [3.05, 3.63) is 39.1 Å². The molecule has 1 N–H and O–H groups in total. The van der Waals surface area contributed by atoms with Crippen LogP contribution in [0, 0.1) is 0 Å². The molecule has 4 nitrogen and oxygen atoms in total. The van der Waals surface area contributed by atoms with Gasteiger partial charge in [-0.2, -0.15) is 0 Å². The lowest BCUT2D eigenvalue weighted by atomic mass is 10.2. The Bertz CT molecular complexity index is 645. The molecule has 19 heavy (non-hydrogen) atoms. The summed E-state index contributed by atoms with van der Waals surface area (Å²) in [5.74, 6) is -2.72. The van der Waals surface area contributed by atoms with Crippen LogP contribution in [0.4, 0.5) is 8.78 Å². The van der Waals surface area contributed by atoms with Crippen LogP contribution in [-0.2, 0) is 0 Å². The van der Waals surface area contributed by atoms with E-state index in [0.717, 1.165) is 0 Å². The van der Waals surface area contributed by atoms with Gasteiger partial charge in [-0.1, -0.05) is 11.6 Å². The molecule has 0 aliphatic carbocycles. The van der Waals surface area contributed by atoms with Gasteiger partial charge in [-0.3, -0.25) is 0 Å². The van der Waals surface area contributed by atoms with Gasteiger partial charge in [0.2, 0.25) is 11.7 Å². The van der Waals surface area contributed by atoms with Gasteiger partial charge in [-0.25, -0.2) is 18.6 Å². The van der Waals surface area contributed by atoms with Crippen molar-refractivity contribution >= 4 is 33.5 Å². The highest BCUT2D eigenvalue weighted by Gasteiger charge is 2.27. The Hall–Kier alpha value is -1.47. The van der Waals surface area contributed by atoms with E-state index < -0.39 is 23.8 Å². The van der Waals surface area contributed by atoms with Crippen LogP contribution in [-0.4, -0.2) is 16.1 Å². The third-order valence-electron chi connectivity index (χ3n) is 2.21. The molecular formula is C11H5BrClF2NO3. The van der Waals surface area contributed by atoms with Crippen molar-refractivity contribution < 1.29 is 23.1 Å². The van der Waals surface area contributed by atoms with Crippen molar-refractivity contribution in [2.45, 2.75) is 6.43 Å². The molecule has 0 saturated carbocycles. The molecule has 0 bridgehead atoms. The van der Waals surface area contributed by atoms with E-state index in [0.29, 0.717) is 15.1 Å². The largest absolute Gasteiger partial charge is 0.475 e. The molecule has 0 aliphatic heterocycles. The first-order valence-electron chi connectivity index (χ1n) is 4.87. The van der Waals surface area contributed by atoms with Gasteiger partial charge in [0, 0.05) is 9.50 Å². The number of hydrogen-bond donors (Lipinski definition) is 1.